The van der Waals surface area contributed by atoms with Crippen molar-refractivity contribution in [2.45, 2.75) is 91.5 Å². The molecule has 8 bridgehead atoms. The number of phenolic OH excluding ortho intramolecular Hbond substituents is 4. The van der Waals surface area contributed by atoms with E-state index in [9.17, 15) is 58.3 Å². The van der Waals surface area contributed by atoms with E-state index in [1.54, 1.807) is 27.7 Å². The maximum atomic E-state index is 13.0. The number of fused-ring (bicyclic) bond motifs is 8. The second-order valence-corrected chi connectivity index (χ2v) is 24.8. The molecule has 8 N–H and O–H groups in total. The summed E-state index contributed by atoms with van der Waals surface area (Å²) in [5.41, 5.74) is 0.840. The number of hydrogen-bond acceptors (Lipinski definition) is 16. The molecule has 5 rings (SSSR count). The van der Waals surface area contributed by atoms with Crippen LogP contribution in [0, 0.1) is 0 Å². The van der Waals surface area contributed by atoms with E-state index in [1.165, 1.54) is 48.5 Å². The van der Waals surface area contributed by atoms with Crippen LogP contribution in [0.2, 0.25) is 0 Å². The van der Waals surface area contributed by atoms with Crippen molar-refractivity contribution in [3.8, 4) is 23.0 Å². The number of rotatable bonds is 16. The third-order valence-electron chi connectivity index (χ3n) is 8.13. The zero-order chi connectivity index (χ0) is 44.2. The fourth-order valence-electron chi connectivity index (χ4n) is 5.92. The molecule has 4 atom stereocenters. The van der Waals surface area contributed by atoms with Gasteiger partial charge in [-0.3, -0.25) is 18.3 Å². The zero-order valence-electron chi connectivity index (χ0n) is 32.5. The monoisotopic (exact) mass is 984 g/mol. The molecule has 0 saturated heterocycles. The van der Waals surface area contributed by atoms with Gasteiger partial charge in [-0.1, -0.05) is 47.0 Å². The quantitative estimate of drug-likeness (QED) is 0.0427. The van der Waals surface area contributed by atoms with Crippen molar-refractivity contribution in [3.05, 3.63) is 70.8 Å². The summed E-state index contributed by atoms with van der Waals surface area (Å²) in [4.78, 5) is 42.8. The fraction of sp³-hybridized carbons (Fsp3) is 0.333. The molecule has 0 aliphatic carbocycles. The minimum Gasteiger partial charge on any atom is -0.506 e. The summed E-state index contributed by atoms with van der Waals surface area (Å²) in [5, 5.41) is 47.2. The van der Waals surface area contributed by atoms with Crippen LogP contribution < -0.4 is 0 Å². The molecule has 0 amide bonds. The standard InChI is InChI=1S/C36H44O16P4S4/c1-5-49-53(41,42)17-21-9-25-33(37)26(10-21)58-28-12-23(19-55(45,46)51-7-3)14-30(35(28)39)60-32-16-24(20-56(47,48)52-8-4)15-31(36(32)40)59-29-13-22(11-27(57-25)34(29)38)18-54(43,44)50-6-2/h9-16,37-40H,5-8,17-20H2,1-4H3,(H,41,42)(H,43,44)(H,45,46)(H,47,48). The average Bonchev–Trinajstić information content (AvgIpc) is 3.11. The highest BCUT2D eigenvalue weighted by Crippen LogP contribution is 2.57. The smallest absolute Gasteiger partial charge is 0.332 e. The molecule has 1 heterocycles. The van der Waals surface area contributed by atoms with Crippen LogP contribution in [0.4, 0.5) is 0 Å². The lowest BCUT2D eigenvalue weighted by molar-refractivity contribution is 0.271. The van der Waals surface area contributed by atoms with Crippen molar-refractivity contribution >= 4 is 77.4 Å². The Morgan fingerprint density at radius 2 is 0.517 bits per heavy atom. The largest absolute Gasteiger partial charge is 0.506 e. The van der Waals surface area contributed by atoms with Gasteiger partial charge in [-0.05, 0) is 98.5 Å². The number of hydrogen-bond donors (Lipinski definition) is 8. The van der Waals surface area contributed by atoms with Crippen LogP contribution in [-0.2, 0) is 61.0 Å². The Hall–Kier alpha value is -1.92. The first-order chi connectivity index (χ1) is 28.1. The SMILES string of the molecule is CCOP(=O)(O)Cc1cc2c(O)c(c1)Sc1cc(CP(=O)(O)OCC)cc(c1O)Sc1cc(CP(=O)(O)OCC)cc(c1O)Sc1cc(CP(=O)(O)OCC)cc(c1O)S2. The summed E-state index contributed by atoms with van der Waals surface area (Å²) in [7, 11) is -16.9. The fourth-order valence-corrected chi connectivity index (χ4v) is 15.0. The van der Waals surface area contributed by atoms with E-state index < -0.39 is 55.0 Å². The minimum absolute atomic E-state index is 0.0437. The second kappa shape index (κ2) is 20.3. The van der Waals surface area contributed by atoms with Gasteiger partial charge in [0.1, 0.15) is 23.0 Å². The third kappa shape index (κ3) is 13.1. The van der Waals surface area contributed by atoms with E-state index in [2.05, 4.69) is 0 Å². The highest BCUT2D eigenvalue weighted by Gasteiger charge is 2.29. The van der Waals surface area contributed by atoms with E-state index in [4.69, 9.17) is 18.1 Å². The molecule has 1 aliphatic heterocycles. The lowest BCUT2D eigenvalue weighted by Gasteiger charge is -2.20. The topological polar surface area (TPSA) is 267 Å². The molecule has 4 aromatic carbocycles. The first-order valence-electron chi connectivity index (χ1n) is 18.1. The van der Waals surface area contributed by atoms with Crippen LogP contribution >= 0.6 is 77.4 Å². The Balaban J connectivity index is 1.83. The molecule has 4 unspecified atom stereocenters. The van der Waals surface area contributed by atoms with Crippen LogP contribution in [0.1, 0.15) is 49.9 Å². The molecule has 60 heavy (non-hydrogen) atoms. The highest BCUT2D eigenvalue weighted by molar-refractivity contribution is 8.01. The lowest BCUT2D eigenvalue weighted by Crippen LogP contribution is -1.97. The number of phenols is 4. The average molecular weight is 985 g/mol. The highest BCUT2D eigenvalue weighted by atomic mass is 32.2. The van der Waals surface area contributed by atoms with E-state index in [1.807, 2.05) is 0 Å². The molecule has 0 radical (unpaired) electrons. The van der Waals surface area contributed by atoms with Gasteiger partial charge in [0.2, 0.25) is 0 Å². The van der Waals surface area contributed by atoms with Gasteiger partial charge in [0.05, 0.1) is 90.2 Å². The molecular formula is C36H44O16P4S4. The second-order valence-electron chi connectivity index (χ2n) is 13.0. The number of aromatic hydroxyl groups is 4. The Labute approximate surface area is 363 Å². The Morgan fingerprint density at radius 3 is 0.650 bits per heavy atom. The molecule has 16 nitrogen and oxygen atoms in total. The molecule has 0 spiro atoms. The van der Waals surface area contributed by atoms with Gasteiger partial charge >= 0.3 is 30.4 Å². The van der Waals surface area contributed by atoms with Gasteiger partial charge in [-0.2, -0.15) is 0 Å². The van der Waals surface area contributed by atoms with Gasteiger partial charge in [0.15, 0.2) is 0 Å². The van der Waals surface area contributed by atoms with Crippen molar-refractivity contribution in [2.24, 2.45) is 0 Å². The van der Waals surface area contributed by atoms with Crippen molar-refractivity contribution < 1.29 is 76.4 Å². The minimum atomic E-state index is -4.22. The van der Waals surface area contributed by atoms with Crippen molar-refractivity contribution in [1.29, 1.82) is 0 Å². The summed E-state index contributed by atoms with van der Waals surface area (Å²) in [6, 6.07) is 11.2. The first kappa shape index (κ1) is 49.1. The zero-order valence-corrected chi connectivity index (χ0v) is 39.4. The van der Waals surface area contributed by atoms with Crippen LogP contribution in [0.25, 0.3) is 0 Å². The van der Waals surface area contributed by atoms with Crippen molar-refractivity contribution in [3.63, 3.8) is 0 Å². The molecule has 24 heteroatoms. The molecular weight excluding hydrogens is 941 g/mol. The number of benzene rings is 4. The van der Waals surface area contributed by atoms with E-state index in [0.717, 1.165) is 47.0 Å². The Kier molecular flexibility index (Phi) is 16.6. The van der Waals surface area contributed by atoms with Gasteiger partial charge in [-0.25, -0.2) is 0 Å². The molecule has 0 saturated carbocycles. The summed E-state index contributed by atoms with van der Waals surface area (Å²) < 4.78 is 72.5. The summed E-state index contributed by atoms with van der Waals surface area (Å²) >= 11 is 3.20. The Bertz CT molecular complexity index is 2020. The molecule has 328 valence electrons. The maximum Gasteiger partial charge on any atom is 0.332 e. The van der Waals surface area contributed by atoms with Gasteiger partial charge in [0, 0.05) is 0 Å². The molecule has 0 aromatic heterocycles. The summed E-state index contributed by atoms with van der Waals surface area (Å²) in [6.07, 6.45) is -2.03. The van der Waals surface area contributed by atoms with Crippen LogP contribution in [0.5, 0.6) is 23.0 Å². The van der Waals surface area contributed by atoms with Gasteiger partial charge in [-0.15, -0.1) is 0 Å². The van der Waals surface area contributed by atoms with Gasteiger partial charge < -0.3 is 58.1 Å². The predicted molar refractivity (Wildman–Crippen MR) is 230 cm³/mol. The van der Waals surface area contributed by atoms with Crippen LogP contribution in [0.15, 0.2) is 87.7 Å². The summed E-state index contributed by atoms with van der Waals surface area (Å²) in [5.74, 6) is -1.55. The molecule has 1 aliphatic rings. The lowest BCUT2D eigenvalue weighted by atomic mass is 10.2. The Morgan fingerprint density at radius 1 is 0.367 bits per heavy atom. The normalized spacial score (nSPS) is 16.9. The molecule has 0 fully saturated rings. The molecule has 4 aromatic rings. The van der Waals surface area contributed by atoms with Gasteiger partial charge in [0.25, 0.3) is 0 Å². The predicted octanol–water partition coefficient (Wildman–Crippen LogP) is 10.3. The van der Waals surface area contributed by atoms with E-state index in [-0.39, 0.29) is 111 Å². The first-order valence-corrected chi connectivity index (χ1v) is 28.4. The maximum absolute atomic E-state index is 13.0. The van der Waals surface area contributed by atoms with Crippen molar-refractivity contribution in [1.82, 2.24) is 0 Å². The summed E-state index contributed by atoms with van der Waals surface area (Å²) in [6.45, 7) is 5.89. The third-order valence-corrected chi connectivity index (χ3v) is 18.1. The van der Waals surface area contributed by atoms with E-state index >= 15 is 0 Å². The van der Waals surface area contributed by atoms with Crippen molar-refractivity contribution in [2.75, 3.05) is 26.4 Å². The van der Waals surface area contributed by atoms with E-state index in [0.29, 0.717) is 0 Å². The van der Waals surface area contributed by atoms with Crippen LogP contribution in [-0.4, -0.2) is 66.4 Å². The van der Waals surface area contributed by atoms with Crippen LogP contribution in [0.3, 0.4) is 0 Å².